The number of rotatable bonds is 1. The Kier molecular flexibility index (Phi) is 2.36. The van der Waals surface area contributed by atoms with Gasteiger partial charge in [-0.25, -0.2) is 9.18 Å². The summed E-state index contributed by atoms with van der Waals surface area (Å²) in [5.41, 5.74) is 4.89. The van der Waals surface area contributed by atoms with Crippen molar-refractivity contribution < 1.29 is 19.0 Å². The van der Waals surface area contributed by atoms with Gasteiger partial charge in [-0.15, -0.1) is 0 Å². The van der Waals surface area contributed by atoms with E-state index in [0.717, 1.165) is 12.1 Å². The summed E-state index contributed by atoms with van der Waals surface area (Å²) >= 11 is 0. The van der Waals surface area contributed by atoms with Crippen molar-refractivity contribution in [1.82, 2.24) is 0 Å². The number of phenols is 1. The molecule has 1 rings (SSSR count). The standard InChI is InChI=1S/C8H8FNO3/c1-13-8(12)4-2-5(10)7(9)6(11)3-4/h2-3,11H,10H2,1H3. The number of anilines is 1. The number of nitrogens with two attached hydrogens (primary N) is 1. The first-order valence-electron chi connectivity index (χ1n) is 3.42. The van der Waals surface area contributed by atoms with Crippen LogP contribution < -0.4 is 5.73 Å². The Labute approximate surface area is 73.7 Å². The molecule has 1 aromatic rings. The molecule has 0 amide bonds. The Hall–Kier alpha value is -1.78. The summed E-state index contributed by atoms with van der Waals surface area (Å²) in [5.74, 6) is -2.28. The number of nitrogen functional groups attached to an aromatic ring is 1. The van der Waals surface area contributed by atoms with Crippen LogP contribution in [0.25, 0.3) is 0 Å². The van der Waals surface area contributed by atoms with Crippen molar-refractivity contribution in [3.8, 4) is 5.75 Å². The van der Waals surface area contributed by atoms with Crippen molar-refractivity contribution in [2.75, 3.05) is 12.8 Å². The highest BCUT2D eigenvalue weighted by Gasteiger charge is 2.12. The van der Waals surface area contributed by atoms with Crippen LogP contribution >= 0.6 is 0 Å². The maximum absolute atomic E-state index is 12.8. The van der Waals surface area contributed by atoms with Crippen molar-refractivity contribution in [1.29, 1.82) is 0 Å². The number of carbonyl (C=O) groups is 1. The normalized spacial score (nSPS) is 9.69. The molecule has 0 atom stereocenters. The van der Waals surface area contributed by atoms with Crippen LogP contribution in [0.1, 0.15) is 10.4 Å². The Morgan fingerprint density at radius 1 is 1.62 bits per heavy atom. The van der Waals surface area contributed by atoms with Crippen LogP contribution in [-0.2, 0) is 4.74 Å². The average molecular weight is 185 g/mol. The van der Waals surface area contributed by atoms with E-state index in [9.17, 15) is 9.18 Å². The van der Waals surface area contributed by atoms with E-state index in [-0.39, 0.29) is 11.3 Å². The van der Waals surface area contributed by atoms with E-state index in [1.54, 1.807) is 0 Å². The molecule has 0 unspecified atom stereocenters. The molecule has 0 aliphatic heterocycles. The molecule has 0 aromatic heterocycles. The smallest absolute Gasteiger partial charge is 0.338 e. The second kappa shape index (κ2) is 3.30. The Morgan fingerprint density at radius 2 is 2.23 bits per heavy atom. The van der Waals surface area contributed by atoms with Gasteiger partial charge in [0.1, 0.15) is 0 Å². The topological polar surface area (TPSA) is 72.5 Å². The molecule has 0 spiro atoms. The summed E-state index contributed by atoms with van der Waals surface area (Å²) < 4.78 is 17.1. The molecule has 4 nitrogen and oxygen atoms in total. The van der Waals surface area contributed by atoms with Crippen LogP contribution in [0.5, 0.6) is 5.75 Å². The molecular weight excluding hydrogens is 177 g/mol. The van der Waals surface area contributed by atoms with Gasteiger partial charge in [0, 0.05) is 0 Å². The van der Waals surface area contributed by atoms with Gasteiger partial charge in [-0.1, -0.05) is 0 Å². The first-order chi connectivity index (χ1) is 6.06. The van der Waals surface area contributed by atoms with Crippen molar-refractivity contribution >= 4 is 11.7 Å². The number of esters is 1. The van der Waals surface area contributed by atoms with E-state index in [4.69, 9.17) is 10.8 Å². The third-order valence-electron chi connectivity index (χ3n) is 1.50. The number of phenolic OH excluding ortho intramolecular Hbond substituents is 1. The highest BCUT2D eigenvalue weighted by molar-refractivity contribution is 5.91. The zero-order valence-corrected chi connectivity index (χ0v) is 6.87. The fourth-order valence-electron chi connectivity index (χ4n) is 0.867. The second-order valence-electron chi connectivity index (χ2n) is 2.39. The first kappa shape index (κ1) is 9.31. The van der Waals surface area contributed by atoms with Crippen LogP contribution in [0.3, 0.4) is 0 Å². The van der Waals surface area contributed by atoms with Gasteiger partial charge < -0.3 is 15.6 Å². The van der Waals surface area contributed by atoms with Crippen LogP contribution in [0, 0.1) is 5.82 Å². The summed E-state index contributed by atoms with van der Waals surface area (Å²) in [5, 5.41) is 8.96. The van der Waals surface area contributed by atoms with Gasteiger partial charge in [0.2, 0.25) is 0 Å². The van der Waals surface area contributed by atoms with Gasteiger partial charge in [0.05, 0.1) is 18.4 Å². The largest absolute Gasteiger partial charge is 0.505 e. The minimum absolute atomic E-state index is 0.0129. The number of hydrogen-bond donors (Lipinski definition) is 2. The van der Waals surface area contributed by atoms with Crippen molar-refractivity contribution in [3.63, 3.8) is 0 Å². The van der Waals surface area contributed by atoms with Gasteiger partial charge in [0.15, 0.2) is 11.6 Å². The molecule has 0 fully saturated rings. The second-order valence-corrected chi connectivity index (χ2v) is 2.39. The SMILES string of the molecule is COC(=O)c1cc(N)c(F)c(O)c1. The summed E-state index contributed by atoms with van der Waals surface area (Å²) in [6, 6.07) is 2.05. The van der Waals surface area contributed by atoms with E-state index < -0.39 is 17.5 Å². The number of methoxy groups -OCH3 is 1. The van der Waals surface area contributed by atoms with E-state index in [1.165, 1.54) is 7.11 Å². The maximum atomic E-state index is 12.8. The number of benzene rings is 1. The number of carbonyl (C=O) groups excluding carboxylic acids is 1. The van der Waals surface area contributed by atoms with Gasteiger partial charge in [-0.05, 0) is 12.1 Å². The molecule has 0 saturated carbocycles. The van der Waals surface area contributed by atoms with Crippen LogP contribution in [0.4, 0.5) is 10.1 Å². The lowest BCUT2D eigenvalue weighted by atomic mass is 10.2. The number of hydrogen-bond acceptors (Lipinski definition) is 4. The molecule has 0 aliphatic rings. The molecule has 3 N–H and O–H groups in total. The monoisotopic (exact) mass is 185 g/mol. The van der Waals surface area contributed by atoms with Crippen LogP contribution in [0.15, 0.2) is 12.1 Å². The van der Waals surface area contributed by atoms with Crippen molar-refractivity contribution in [2.24, 2.45) is 0 Å². The summed E-state index contributed by atoms with van der Waals surface area (Å²) in [6.07, 6.45) is 0. The number of ether oxygens (including phenoxy) is 1. The Bertz CT molecular complexity index is 328. The predicted octanol–water partition coefficient (Wildman–Crippen LogP) is 0.900. The maximum Gasteiger partial charge on any atom is 0.338 e. The van der Waals surface area contributed by atoms with Crippen LogP contribution in [-0.4, -0.2) is 18.2 Å². The van der Waals surface area contributed by atoms with Crippen molar-refractivity contribution in [2.45, 2.75) is 0 Å². The van der Waals surface area contributed by atoms with Gasteiger partial charge in [-0.3, -0.25) is 0 Å². The predicted molar refractivity (Wildman–Crippen MR) is 43.8 cm³/mol. The third kappa shape index (κ3) is 1.69. The Morgan fingerprint density at radius 3 is 2.69 bits per heavy atom. The fourth-order valence-corrected chi connectivity index (χ4v) is 0.867. The Balaban J connectivity index is 3.20. The minimum atomic E-state index is -0.937. The molecule has 70 valence electrons. The zero-order valence-electron chi connectivity index (χ0n) is 6.87. The zero-order chi connectivity index (χ0) is 10.0. The van der Waals surface area contributed by atoms with E-state index in [2.05, 4.69) is 4.74 Å². The fraction of sp³-hybridized carbons (Fsp3) is 0.125. The summed E-state index contributed by atoms with van der Waals surface area (Å²) in [7, 11) is 1.18. The lowest BCUT2D eigenvalue weighted by molar-refractivity contribution is 0.0600. The average Bonchev–Trinajstić information content (AvgIpc) is 2.12. The van der Waals surface area contributed by atoms with E-state index in [1.807, 2.05) is 0 Å². The van der Waals surface area contributed by atoms with E-state index >= 15 is 0 Å². The summed E-state index contributed by atoms with van der Waals surface area (Å²) in [4.78, 5) is 10.9. The highest BCUT2D eigenvalue weighted by Crippen LogP contribution is 2.23. The molecule has 5 heteroatoms. The molecule has 13 heavy (non-hydrogen) atoms. The lowest BCUT2D eigenvalue weighted by Gasteiger charge is -2.03. The molecule has 0 aliphatic carbocycles. The third-order valence-corrected chi connectivity index (χ3v) is 1.50. The van der Waals surface area contributed by atoms with Crippen molar-refractivity contribution in [3.05, 3.63) is 23.5 Å². The van der Waals surface area contributed by atoms with Crippen LogP contribution in [0.2, 0.25) is 0 Å². The molecule has 0 bridgehead atoms. The number of aromatic hydroxyl groups is 1. The molecule has 0 heterocycles. The summed E-state index contributed by atoms with van der Waals surface area (Å²) in [6.45, 7) is 0. The highest BCUT2D eigenvalue weighted by atomic mass is 19.1. The lowest BCUT2D eigenvalue weighted by Crippen LogP contribution is -2.03. The first-order valence-corrected chi connectivity index (χ1v) is 3.42. The molecule has 1 aromatic carbocycles. The molecular formula is C8H8FNO3. The minimum Gasteiger partial charge on any atom is -0.505 e. The van der Waals surface area contributed by atoms with Gasteiger partial charge in [0.25, 0.3) is 0 Å². The quantitative estimate of drug-likeness (QED) is 0.503. The molecule has 0 radical (unpaired) electrons. The van der Waals surface area contributed by atoms with Gasteiger partial charge >= 0.3 is 5.97 Å². The van der Waals surface area contributed by atoms with Gasteiger partial charge in [-0.2, -0.15) is 0 Å². The molecule has 0 saturated heterocycles. The number of halogens is 1. The van der Waals surface area contributed by atoms with E-state index in [0.29, 0.717) is 0 Å².